The molecule has 29 heavy (non-hydrogen) atoms. The van der Waals surface area contributed by atoms with E-state index in [1.54, 1.807) is 0 Å². The Balaban J connectivity index is 0.00000240. The number of hydrogen-bond donors (Lipinski definition) is 0. The molecule has 10 heteroatoms. The van der Waals surface area contributed by atoms with Crippen LogP contribution in [0, 0.1) is 23.3 Å². The van der Waals surface area contributed by atoms with Crippen molar-refractivity contribution >= 4 is 5.91 Å². The molecule has 1 amide bonds. The van der Waals surface area contributed by atoms with Crippen LogP contribution in [0.1, 0.15) is 15.9 Å². The third-order valence-corrected chi connectivity index (χ3v) is 4.84. The van der Waals surface area contributed by atoms with Gasteiger partial charge in [0.25, 0.3) is 5.91 Å². The summed E-state index contributed by atoms with van der Waals surface area (Å²) in [6.45, 7) is 2.31. The molecule has 0 atom stereocenters. The lowest BCUT2D eigenvalue weighted by atomic mass is 10.1. The number of rotatable bonds is 3. The number of halogens is 5. The molecule has 0 aliphatic carbocycles. The van der Waals surface area contributed by atoms with Crippen molar-refractivity contribution in [3.05, 3.63) is 58.7 Å². The van der Waals surface area contributed by atoms with Gasteiger partial charge in [-0.25, -0.2) is 17.6 Å². The topological polar surface area (TPSA) is 42.0 Å². The van der Waals surface area contributed by atoms with Gasteiger partial charge in [-0.15, -0.1) is 0 Å². The Labute approximate surface area is 170 Å². The van der Waals surface area contributed by atoms with Crippen molar-refractivity contribution in [1.82, 2.24) is 9.80 Å². The first-order valence-electron chi connectivity index (χ1n) is 8.67. The number of nitrogens with zero attached hydrogens (tertiary/aromatic N) is 2. The summed E-state index contributed by atoms with van der Waals surface area (Å²) in [7, 11) is 0. The number of carbonyl (C=O) groups is 1. The maximum atomic E-state index is 13.9. The van der Waals surface area contributed by atoms with Gasteiger partial charge in [0.1, 0.15) is 0 Å². The maximum Gasteiger partial charge on any atom is 0.257 e. The standard InChI is InChI=1S/C19H16F4N2O3.ClH/c20-13-8-12(16(21)18(23)17(13)22)19(26)25-5-3-24(4-6-25)9-11-1-2-14-15(7-11)28-10-27-14;/h1-2,7-8H,3-6,9-10H2;1H/p-1. The first kappa shape index (κ1) is 21.2. The van der Waals surface area contributed by atoms with Crippen molar-refractivity contribution in [2.45, 2.75) is 6.54 Å². The highest BCUT2D eigenvalue weighted by atomic mass is 35.5. The van der Waals surface area contributed by atoms with Crippen molar-refractivity contribution in [3.8, 4) is 11.5 Å². The summed E-state index contributed by atoms with van der Waals surface area (Å²) in [5.74, 6) is -6.66. The van der Waals surface area contributed by atoms with Crippen LogP contribution in [0.5, 0.6) is 11.5 Å². The number of amides is 1. The first-order valence-corrected chi connectivity index (χ1v) is 8.67. The van der Waals surface area contributed by atoms with E-state index in [1.807, 2.05) is 18.2 Å². The monoisotopic (exact) mass is 431 g/mol. The van der Waals surface area contributed by atoms with Crippen molar-refractivity contribution in [3.63, 3.8) is 0 Å². The highest BCUT2D eigenvalue weighted by molar-refractivity contribution is 5.94. The van der Waals surface area contributed by atoms with Gasteiger partial charge in [-0.3, -0.25) is 9.69 Å². The minimum absolute atomic E-state index is 0. The van der Waals surface area contributed by atoms with Crippen molar-refractivity contribution < 1.29 is 44.2 Å². The quantitative estimate of drug-likeness (QED) is 0.388. The fourth-order valence-electron chi connectivity index (χ4n) is 3.31. The van der Waals surface area contributed by atoms with Gasteiger partial charge < -0.3 is 26.8 Å². The molecule has 0 bridgehead atoms. The van der Waals surface area contributed by atoms with E-state index < -0.39 is 34.7 Å². The van der Waals surface area contributed by atoms with E-state index in [0.29, 0.717) is 37.2 Å². The van der Waals surface area contributed by atoms with Gasteiger partial charge in [-0.1, -0.05) is 6.07 Å². The van der Waals surface area contributed by atoms with Crippen molar-refractivity contribution in [2.75, 3.05) is 33.0 Å². The Bertz CT molecular complexity index is 936. The number of fused-ring (bicyclic) bond motifs is 1. The molecule has 2 aromatic rings. The SMILES string of the molecule is O=C(c1cc(F)c(F)c(F)c1F)N1CCN(Cc2ccc3c(c2)OCO3)CC1.[Cl-]. The lowest BCUT2D eigenvalue weighted by Gasteiger charge is -2.34. The maximum absolute atomic E-state index is 13.9. The van der Waals surface area contributed by atoms with Crippen LogP contribution in [0.15, 0.2) is 24.3 Å². The Morgan fingerprint density at radius 2 is 1.59 bits per heavy atom. The van der Waals surface area contributed by atoms with E-state index in [9.17, 15) is 22.4 Å². The zero-order valence-electron chi connectivity index (χ0n) is 15.1. The number of hydrogen-bond acceptors (Lipinski definition) is 4. The van der Waals surface area contributed by atoms with Crippen LogP contribution in [0.4, 0.5) is 17.6 Å². The van der Waals surface area contributed by atoms with E-state index in [1.165, 1.54) is 4.90 Å². The number of carbonyl (C=O) groups excluding carboxylic acids is 1. The number of benzene rings is 2. The normalized spacial score (nSPS) is 15.9. The smallest absolute Gasteiger partial charge is 0.257 e. The molecule has 2 aromatic carbocycles. The number of piperazine rings is 1. The second-order valence-electron chi connectivity index (χ2n) is 6.60. The summed E-state index contributed by atoms with van der Waals surface area (Å²) in [5, 5.41) is 0. The van der Waals surface area contributed by atoms with E-state index in [2.05, 4.69) is 4.90 Å². The van der Waals surface area contributed by atoms with Gasteiger partial charge in [0.05, 0.1) is 5.56 Å². The molecule has 0 radical (unpaired) electrons. The highest BCUT2D eigenvalue weighted by Gasteiger charge is 2.28. The third kappa shape index (κ3) is 4.11. The molecule has 0 unspecified atom stereocenters. The molecule has 0 spiro atoms. The van der Waals surface area contributed by atoms with E-state index in [-0.39, 0.29) is 32.3 Å². The van der Waals surface area contributed by atoms with Crippen LogP contribution < -0.4 is 21.9 Å². The molecule has 2 aliphatic heterocycles. The summed E-state index contributed by atoms with van der Waals surface area (Å²) in [5.41, 5.74) is 0.207. The predicted molar refractivity (Wildman–Crippen MR) is 90.0 cm³/mol. The first-order chi connectivity index (χ1) is 13.4. The largest absolute Gasteiger partial charge is 1.00 e. The second-order valence-corrected chi connectivity index (χ2v) is 6.60. The molecule has 1 fully saturated rings. The van der Waals surface area contributed by atoms with E-state index in [4.69, 9.17) is 9.47 Å². The zero-order chi connectivity index (χ0) is 19.8. The molecular formula is C19H16ClF4N2O3-. The summed E-state index contributed by atoms with van der Waals surface area (Å²) in [6, 6.07) is 6.04. The van der Waals surface area contributed by atoms with Crippen LogP contribution in [-0.2, 0) is 6.54 Å². The average molecular weight is 432 g/mol. The molecule has 2 aliphatic rings. The molecule has 0 N–H and O–H groups in total. The van der Waals surface area contributed by atoms with Crippen LogP contribution in [-0.4, -0.2) is 48.7 Å². The summed E-state index contributed by atoms with van der Waals surface area (Å²) in [6.07, 6.45) is 0. The van der Waals surface area contributed by atoms with Gasteiger partial charge in [0, 0.05) is 32.7 Å². The third-order valence-electron chi connectivity index (χ3n) is 4.84. The molecule has 2 heterocycles. The van der Waals surface area contributed by atoms with Crippen molar-refractivity contribution in [1.29, 1.82) is 0 Å². The predicted octanol–water partition coefficient (Wildman–Crippen LogP) is -0.0663. The van der Waals surface area contributed by atoms with Gasteiger partial charge in [0.2, 0.25) is 6.79 Å². The van der Waals surface area contributed by atoms with Crippen LogP contribution in [0.25, 0.3) is 0 Å². The Kier molecular flexibility index (Phi) is 6.18. The zero-order valence-corrected chi connectivity index (χ0v) is 15.8. The minimum atomic E-state index is -1.98. The molecule has 5 nitrogen and oxygen atoms in total. The molecule has 156 valence electrons. The average Bonchev–Trinajstić information content (AvgIpc) is 3.17. The lowest BCUT2D eigenvalue weighted by molar-refractivity contribution is -0.0000204. The summed E-state index contributed by atoms with van der Waals surface area (Å²) < 4.78 is 64.3. The minimum Gasteiger partial charge on any atom is -1.00 e. The van der Waals surface area contributed by atoms with Crippen LogP contribution >= 0.6 is 0 Å². The van der Waals surface area contributed by atoms with Crippen LogP contribution in [0.2, 0.25) is 0 Å². The second kappa shape index (κ2) is 8.46. The fraction of sp³-hybridized carbons (Fsp3) is 0.316. The fourth-order valence-corrected chi connectivity index (χ4v) is 3.31. The summed E-state index contributed by atoms with van der Waals surface area (Å²) in [4.78, 5) is 15.8. The van der Waals surface area contributed by atoms with Gasteiger partial charge in [-0.2, -0.15) is 0 Å². The summed E-state index contributed by atoms with van der Waals surface area (Å²) >= 11 is 0. The molecule has 4 rings (SSSR count). The van der Waals surface area contributed by atoms with Gasteiger partial charge in [0.15, 0.2) is 34.8 Å². The molecule has 0 saturated carbocycles. The molecule has 0 aromatic heterocycles. The van der Waals surface area contributed by atoms with Crippen molar-refractivity contribution in [2.24, 2.45) is 0 Å². The van der Waals surface area contributed by atoms with Gasteiger partial charge in [-0.05, 0) is 23.8 Å². The Morgan fingerprint density at radius 1 is 0.897 bits per heavy atom. The number of ether oxygens (including phenoxy) is 2. The molecule has 1 saturated heterocycles. The van der Waals surface area contributed by atoms with Crippen LogP contribution in [0.3, 0.4) is 0 Å². The van der Waals surface area contributed by atoms with E-state index in [0.717, 1.165) is 5.56 Å². The molecular weight excluding hydrogens is 416 g/mol. The van der Waals surface area contributed by atoms with Gasteiger partial charge >= 0.3 is 0 Å². The lowest BCUT2D eigenvalue weighted by Crippen LogP contribution is -3.00. The highest BCUT2D eigenvalue weighted by Crippen LogP contribution is 2.33. The Hall–Kier alpha value is -2.52. The Morgan fingerprint density at radius 3 is 2.31 bits per heavy atom. The van der Waals surface area contributed by atoms with E-state index >= 15 is 0 Å².